The minimum atomic E-state index is 0.466. The first-order valence-corrected chi connectivity index (χ1v) is 9.84. The van der Waals surface area contributed by atoms with E-state index in [4.69, 9.17) is 11.6 Å². The van der Waals surface area contributed by atoms with E-state index < -0.39 is 0 Å². The van der Waals surface area contributed by atoms with Crippen molar-refractivity contribution in [1.82, 2.24) is 9.88 Å². The third kappa shape index (κ3) is 5.55. The molecule has 1 aliphatic rings. The van der Waals surface area contributed by atoms with Crippen molar-refractivity contribution in [2.45, 2.75) is 50.2 Å². The van der Waals surface area contributed by atoms with Gasteiger partial charge in [-0.3, -0.25) is 0 Å². The van der Waals surface area contributed by atoms with Crippen LogP contribution in [0.4, 0.5) is 0 Å². The highest BCUT2D eigenvalue weighted by molar-refractivity contribution is 8.00. The SMILES string of the molecule is CC1(C)CCN(CCCCc2nc(CCl)cs2)CCS1. The minimum Gasteiger partial charge on any atom is -0.302 e. The monoisotopic (exact) mass is 332 g/mol. The summed E-state index contributed by atoms with van der Waals surface area (Å²) in [4.78, 5) is 7.15. The molecule has 1 aromatic heterocycles. The van der Waals surface area contributed by atoms with Gasteiger partial charge in [-0.25, -0.2) is 4.98 Å². The summed E-state index contributed by atoms with van der Waals surface area (Å²) < 4.78 is 0.466. The zero-order valence-electron chi connectivity index (χ0n) is 12.5. The standard InChI is InChI=1S/C15H25ClN2S2/c1-15(2)6-8-18(9-10-20-15)7-4-3-5-14-17-13(11-16)12-19-14/h12H,3-11H2,1-2H3. The highest BCUT2D eigenvalue weighted by atomic mass is 35.5. The van der Waals surface area contributed by atoms with Crippen LogP contribution in [0.1, 0.15) is 43.8 Å². The summed E-state index contributed by atoms with van der Waals surface area (Å²) in [5, 5.41) is 3.32. The van der Waals surface area contributed by atoms with Gasteiger partial charge in [-0.1, -0.05) is 13.8 Å². The second kappa shape index (κ2) is 8.02. The lowest BCUT2D eigenvalue weighted by Gasteiger charge is -2.22. The molecule has 0 bridgehead atoms. The van der Waals surface area contributed by atoms with Crippen LogP contribution in [0.15, 0.2) is 5.38 Å². The number of hydrogen-bond acceptors (Lipinski definition) is 4. The third-order valence-electron chi connectivity index (χ3n) is 3.78. The van der Waals surface area contributed by atoms with E-state index in [0.717, 1.165) is 12.1 Å². The normalized spacial score (nSPS) is 19.9. The Labute approximate surface area is 136 Å². The zero-order valence-corrected chi connectivity index (χ0v) is 14.9. The summed E-state index contributed by atoms with van der Waals surface area (Å²) in [5.74, 6) is 1.82. The number of aryl methyl sites for hydroxylation is 1. The van der Waals surface area contributed by atoms with Gasteiger partial charge < -0.3 is 4.90 Å². The molecule has 0 aliphatic carbocycles. The van der Waals surface area contributed by atoms with Crippen LogP contribution in [0.2, 0.25) is 0 Å². The topological polar surface area (TPSA) is 16.1 Å². The van der Waals surface area contributed by atoms with Crippen LogP contribution in [0.5, 0.6) is 0 Å². The Balaban J connectivity index is 1.63. The maximum Gasteiger partial charge on any atom is 0.0928 e. The molecule has 0 amide bonds. The molecule has 1 fully saturated rings. The first-order chi connectivity index (χ1) is 9.59. The number of aromatic nitrogens is 1. The van der Waals surface area contributed by atoms with Crippen LogP contribution in [-0.4, -0.2) is 40.0 Å². The molecular weight excluding hydrogens is 308 g/mol. The Kier molecular flexibility index (Phi) is 6.66. The molecule has 20 heavy (non-hydrogen) atoms. The fourth-order valence-corrected chi connectivity index (χ4v) is 4.63. The average Bonchev–Trinajstić information content (AvgIpc) is 2.80. The predicted molar refractivity (Wildman–Crippen MR) is 92.2 cm³/mol. The van der Waals surface area contributed by atoms with Crippen molar-refractivity contribution in [1.29, 1.82) is 0 Å². The van der Waals surface area contributed by atoms with Gasteiger partial charge in [0.15, 0.2) is 0 Å². The van der Waals surface area contributed by atoms with Crippen molar-refractivity contribution in [3.63, 3.8) is 0 Å². The Bertz CT molecular complexity index is 406. The Morgan fingerprint density at radius 2 is 2.20 bits per heavy atom. The quantitative estimate of drug-likeness (QED) is 0.566. The fourth-order valence-electron chi connectivity index (χ4n) is 2.42. The molecule has 2 rings (SSSR count). The van der Waals surface area contributed by atoms with Gasteiger partial charge in [0.1, 0.15) is 0 Å². The number of thioether (sulfide) groups is 1. The number of halogens is 1. The van der Waals surface area contributed by atoms with Crippen molar-refractivity contribution in [2.24, 2.45) is 0 Å². The van der Waals surface area contributed by atoms with Gasteiger partial charge in [0.25, 0.3) is 0 Å². The summed E-state index contributed by atoms with van der Waals surface area (Å²) in [7, 11) is 0. The maximum atomic E-state index is 5.78. The molecule has 0 atom stereocenters. The second-order valence-electron chi connectivity index (χ2n) is 6.02. The van der Waals surface area contributed by atoms with E-state index in [2.05, 4.69) is 40.9 Å². The molecule has 1 aromatic rings. The number of nitrogens with zero attached hydrogens (tertiary/aromatic N) is 2. The summed E-state index contributed by atoms with van der Waals surface area (Å²) in [6, 6.07) is 0. The Morgan fingerprint density at radius 3 is 2.95 bits per heavy atom. The molecule has 0 N–H and O–H groups in total. The van der Waals surface area contributed by atoms with E-state index in [-0.39, 0.29) is 0 Å². The molecule has 5 heteroatoms. The Morgan fingerprint density at radius 1 is 1.35 bits per heavy atom. The first-order valence-electron chi connectivity index (χ1n) is 7.45. The van der Waals surface area contributed by atoms with Gasteiger partial charge in [-0.2, -0.15) is 11.8 Å². The molecule has 2 heterocycles. The van der Waals surface area contributed by atoms with Gasteiger partial charge in [0.05, 0.1) is 16.6 Å². The lowest BCUT2D eigenvalue weighted by atomic mass is 10.1. The van der Waals surface area contributed by atoms with Crippen LogP contribution in [0.3, 0.4) is 0 Å². The zero-order chi connectivity index (χ0) is 14.4. The lowest BCUT2D eigenvalue weighted by molar-refractivity contribution is 0.278. The first kappa shape index (κ1) is 16.6. The summed E-state index contributed by atoms with van der Waals surface area (Å²) in [6.45, 7) is 8.50. The van der Waals surface area contributed by atoms with E-state index in [1.54, 1.807) is 11.3 Å². The molecule has 1 saturated heterocycles. The molecule has 2 nitrogen and oxygen atoms in total. The van der Waals surface area contributed by atoms with Gasteiger partial charge in [-0.05, 0) is 38.8 Å². The highest BCUT2D eigenvalue weighted by Gasteiger charge is 2.23. The van der Waals surface area contributed by atoms with E-state index in [1.165, 1.54) is 49.7 Å². The molecule has 1 aliphatic heterocycles. The number of alkyl halides is 1. The molecule has 0 aromatic carbocycles. The van der Waals surface area contributed by atoms with E-state index in [9.17, 15) is 0 Å². The molecule has 114 valence electrons. The predicted octanol–water partition coefficient (Wildman–Crippen LogP) is 4.42. The lowest BCUT2D eigenvalue weighted by Crippen LogP contribution is -2.28. The van der Waals surface area contributed by atoms with Gasteiger partial charge in [-0.15, -0.1) is 22.9 Å². The van der Waals surface area contributed by atoms with Crippen LogP contribution in [0.25, 0.3) is 0 Å². The van der Waals surface area contributed by atoms with Crippen molar-refractivity contribution >= 4 is 34.7 Å². The van der Waals surface area contributed by atoms with Crippen LogP contribution < -0.4 is 0 Å². The van der Waals surface area contributed by atoms with Crippen molar-refractivity contribution in [3.8, 4) is 0 Å². The Hall–Kier alpha value is 0.230. The van der Waals surface area contributed by atoms with Crippen LogP contribution in [0, 0.1) is 0 Å². The number of unbranched alkanes of at least 4 members (excludes halogenated alkanes) is 1. The van der Waals surface area contributed by atoms with Crippen molar-refractivity contribution in [2.75, 3.05) is 25.4 Å². The van der Waals surface area contributed by atoms with Gasteiger partial charge >= 0.3 is 0 Å². The van der Waals surface area contributed by atoms with Crippen LogP contribution in [-0.2, 0) is 12.3 Å². The summed E-state index contributed by atoms with van der Waals surface area (Å²) in [5.41, 5.74) is 1.03. The van der Waals surface area contributed by atoms with E-state index in [0.29, 0.717) is 10.6 Å². The van der Waals surface area contributed by atoms with Crippen LogP contribution >= 0.6 is 34.7 Å². The van der Waals surface area contributed by atoms with Crippen molar-refractivity contribution < 1.29 is 0 Å². The summed E-state index contributed by atoms with van der Waals surface area (Å²) >= 11 is 9.65. The second-order valence-corrected chi connectivity index (χ2v) is 9.04. The minimum absolute atomic E-state index is 0.466. The third-order valence-corrected chi connectivity index (χ3v) is 6.39. The van der Waals surface area contributed by atoms with Gasteiger partial charge in [0, 0.05) is 22.4 Å². The number of thiazole rings is 1. The average molecular weight is 333 g/mol. The molecule has 0 saturated carbocycles. The largest absolute Gasteiger partial charge is 0.302 e. The maximum absolute atomic E-state index is 5.78. The molecule has 0 unspecified atom stereocenters. The van der Waals surface area contributed by atoms with Crippen molar-refractivity contribution in [3.05, 3.63) is 16.1 Å². The highest BCUT2D eigenvalue weighted by Crippen LogP contribution is 2.30. The number of hydrogen-bond donors (Lipinski definition) is 0. The molecule has 0 spiro atoms. The molecular formula is C15H25ClN2S2. The summed E-state index contributed by atoms with van der Waals surface area (Å²) in [6.07, 6.45) is 4.93. The van der Waals surface area contributed by atoms with Gasteiger partial charge in [0.2, 0.25) is 0 Å². The smallest absolute Gasteiger partial charge is 0.0928 e. The van der Waals surface area contributed by atoms with E-state index in [1.807, 2.05) is 0 Å². The number of rotatable bonds is 6. The molecule has 0 radical (unpaired) electrons. The fraction of sp³-hybridized carbons (Fsp3) is 0.800. The van der Waals surface area contributed by atoms with E-state index >= 15 is 0 Å².